The van der Waals surface area contributed by atoms with E-state index in [-0.39, 0.29) is 5.54 Å². The van der Waals surface area contributed by atoms with Crippen LogP contribution in [-0.4, -0.2) is 36.7 Å². The fraction of sp³-hybridized carbons (Fsp3) is 0.571. The predicted octanol–water partition coefficient (Wildman–Crippen LogP) is 2.12. The Morgan fingerprint density at radius 1 is 1.24 bits per heavy atom. The highest BCUT2D eigenvalue weighted by Crippen LogP contribution is 2.13. The Kier molecular flexibility index (Phi) is 5.45. The summed E-state index contributed by atoms with van der Waals surface area (Å²) in [4.78, 5) is 2.34. The SMILES string of the molecule is CCN(CCOc1ccccc1)C(C)(C)CN. The van der Waals surface area contributed by atoms with Crippen molar-refractivity contribution in [1.29, 1.82) is 0 Å². The lowest BCUT2D eigenvalue weighted by Crippen LogP contribution is -2.50. The number of hydrogen-bond acceptors (Lipinski definition) is 3. The third kappa shape index (κ3) is 4.36. The van der Waals surface area contributed by atoms with Crippen molar-refractivity contribution in [1.82, 2.24) is 4.90 Å². The van der Waals surface area contributed by atoms with Crippen LogP contribution in [0.1, 0.15) is 20.8 Å². The zero-order valence-corrected chi connectivity index (χ0v) is 11.1. The third-order valence-electron chi connectivity index (χ3n) is 3.11. The maximum atomic E-state index is 5.78. The van der Waals surface area contributed by atoms with E-state index in [4.69, 9.17) is 10.5 Å². The normalized spacial score (nSPS) is 11.8. The second-order valence-corrected chi connectivity index (χ2v) is 4.76. The molecule has 0 aliphatic rings. The molecule has 0 saturated heterocycles. The summed E-state index contributed by atoms with van der Waals surface area (Å²) in [5.74, 6) is 0.925. The lowest BCUT2D eigenvalue weighted by molar-refractivity contribution is 0.111. The third-order valence-corrected chi connectivity index (χ3v) is 3.11. The van der Waals surface area contributed by atoms with Gasteiger partial charge < -0.3 is 10.5 Å². The molecule has 0 unspecified atom stereocenters. The van der Waals surface area contributed by atoms with Gasteiger partial charge in [-0.05, 0) is 32.5 Å². The molecule has 0 atom stereocenters. The number of rotatable bonds is 7. The van der Waals surface area contributed by atoms with Gasteiger partial charge in [0.05, 0.1) is 0 Å². The summed E-state index contributed by atoms with van der Waals surface area (Å²) in [5, 5.41) is 0. The molecule has 96 valence electrons. The highest BCUT2D eigenvalue weighted by Gasteiger charge is 2.23. The molecule has 1 aromatic carbocycles. The molecule has 0 saturated carbocycles. The maximum absolute atomic E-state index is 5.78. The van der Waals surface area contributed by atoms with Crippen LogP contribution in [-0.2, 0) is 0 Å². The lowest BCUT2D eigenvalue weighted by atomic mass is 10.0. The summed E-state index contributed by atoms with van der Waals surface area (Å²) in [6, 6.07) is 9.91. The Morgan fingerprint density at radius 2 is 1.88 bits per heavy atom. The molecule has 0 fully saturated rings. The molecular formula is C14H24N2O. The van der Waals surface area contributed by atoms with Crippen molar-refractivity contribution in [3.05, 3.63) is 30.3 Å². The average molecular weight is 236 g/mol. The maximum Gasteiger partial charge on any atom is 0.119 e. The summed E-state index contributed by atoms with van der Waals surface area (Å²) in [5.41, 5.74) is 5.82. The minimum absolute atomic E-state index is 0.0365. The first-order chi connectivity index (χ1) is 8.10. The van der Waals surface area contributed by atoms with Gasteiger partial charge in [0.25, 0.3) is 0 Å². The van der Waals surface area contributed by atoms with Gasteiger partial charge in [-0.1, -0.05) is 25.1 Å². The van der Waals surface area contributed by atoms with Crippen LogP contribution in [0.4, 0.5) is 0 Å². The van der Waals surface area contributed by atoms with Crippen molar-refractivity contribution >= 4 is 0 Å². The lowest BCUT2D eigenvalue weighted by Gasteiger charge is -2.36. The van der Waals surface area contributed by atoms with E-state index in [1.165, 1.54) is 0 Å². The van der Waals surface area contributed by atoms with E-state index in [9.17, 15) is 0 Å². The molecular weight excluding hydrogens is 212 g/mol. The number of likely N-dealkylation sites (N-methyl/N-ethyl adjacent to an activating group) is 1. The number of hydrogen-bond donors (Lipinski definition) is 1. The minimum Gasteiger partial charge on any atom is -0.492 e. The molecule has 17 heavy (non-hydrogen) atoms. The molecule has 0 aliphatic carbocycles. The smallest absolute Gasteiger partial charge is 0.119 e. The van der Waals surface area contributed by atoms with Gasteiger partial charge in [-0.2, -0.15) is 0 Å². The van der Waals surface area contributed by atoms with Crippen LogP contribution in [0.2, 0.25) is 0 Å². The fourth-order valence-corrected chi connectivity index (χ4v) is 1.81. The molecule has 3 nitrogen and oxygen atoms in total. The summed E-state index contributed by atoms with van der Waals surface area (Å²) in [6.45, 7) is 9.73. The predicted molar refractivity (Wildman–Crippen MR) is 72.3 cm³/mol. The average Bonchev–Trinajstić information content (AvgIpc) is 2.35. The van der Waals surface area contributed by atoms with Crippen LogP contribution in [0.25, 0.3) is 0 Å². The second kappa shape index (κ2) is 6.62. The number of para-hydroxylation sites is 1. The van der Waals surface area contributed by atoms with E-state index in [1.807, 2.05) is 30.3 Å². The molecule has 3 heteroatoms. The molecule has 0 aliphatic heterocycles. The van der Waals surface area contributed by atoms with Gasteiger partial charge >= 0.3 is 0 Å². The van der Waals surface area contributed by atoms with Crippen molar-refractivity contribution < 1.29 is 4.74 Å². The molecule has 0 spiro atoms. The first-order valence-corrected chi connectivity index (χ1v) is 6.23. The van der Waals surface area contributed by atoms with Crippen molar-refractivity contribution in [3.63, 3.8) is 0 Å². The molecule has 1 rings (SSSR count). The Morgan fingerprint density at radius 3 is 2.41 bits per heavy atom. The van der Waals surface area contributed by atoms with Crippen LogP contribution in [0.5, 0.6) is 5.75 Å². The first kappa shape index (κ1) is 14.0. The van der Waals surface area contributed by atoms with Gasteiger partial charge in [-0.15, -0.1) is 0 Å². The molecule has 0 radical (unpaired) electrons. The van der Waals surface area contributed by atoms with Crippen LogP contribution >= 0.6 is 0 Å². The summed E-state index contributed by atoms with van der Waals surface area (Å²) in [6.07, 6.45) is 0. The van der Waals surface area contributed by atoms with Crippen LogP contribution in [0, 0.1) is 0 Å². The van der Waals surface area contributed by atoms with Crippen molar-refractivity contribution in [2.24, 2.45) is 5.73 Å². The summed E-state index contributed by atoms with van der Waals surface area (Å²) in [7, 11) is 0. The topological polar surface area (TPSA) is 38.5 Å². The summed E-state index contributed by atoms with van der Waals surface area (Å²) >= 11 is 0. The number of benzene rings is 1. The van der Waals surface area contributed by atoms with Crippen LogP contribution in [0.15, 0.2) is 30.3 Å². The quantitative estimate of drug-likeness (QED) is 0.788. The Labute approximate surface area is 105 Å². The fourth-order valence-electron chi connectivity index (χ4n) is 1.81. The van der Waals surface area contributed by atoms with E-state index in [1.54, 1.807) is 0 Å². The Balaban J connectivity index is 2.39. The highest BCUT2D eigenvalue weighted by molar-refractivity contribution is 5.20. The molecule has 0 amide bonds. The zero-order valence-electron chi connectivity index (χ0n) is 11.1. The van der Waals surface area contributed by atoms with E-state index in [0.29, 0.717) is 13.2 Å². The summed E-state index contributed by atoms with van der Waals surface area (Å²) < 4.78 is 5.70. The highest BCUT2D eigenvalue weighted by atomic mass is 16.5. The molecule has 1 aromatic rings. The Bertz CT molecular complexity index is 311. The Hall–Kier alpha value is -1.06. The largest absolute Gasteiger partial charge is 0.492 e. The van der Waals surface area contributed by atoms with Gasteiger partial charge in [-0.3, -0.25) is 4.90 Å². The zero-order chi connectivity index (χ0) is 12.7. The van der Waals surface area contributed by atoms with Crippen molar-refractivity contribution in [2.75, 3.05) is 26.2 Å². The number of nitrogens with zero attached hydrogens (tertiary/aromatic N) is 1. The van der Waals surface area contributed by atoms with Gasteiger partial charge in [0, 0.05) is 18.6 Å². The first-order valence-electron chi connectivity index (χ1n) is 6.23. The minimum atomic E-state index is 0.0365. The monoisotopic (exact) mass is 236 g/mol. The van der Waals surface area contributed by atoms with E-state index < -0.39 is 0 Å². The van der Waals surface area contributed by atoms with Crippen molar-refractivity contribution in [3.8, 4) is 5.75 Å². The van der Waals surface area contributed by atoms with Gasteiger partial charge in [-0.25, -0.2) is 0 Å². The number of nitrogens with two attached hydrogens (primary N) is 1. The van der Waals surface area contributed by atoms with Crippen molar-refractivity contribution in [2.45, 2.75) is 26.3 Å². The molecule has 0 aromatic heterocycles. The van der Waals surface area contributed by atoms with E-state index in [0.717, 1.165) is 18.8 Å². The molecule has 2 N–H and O–H groups in total. The standard InChI is InChI=1S/C14H24N2O/c1-4-16(14(2,3)12-15)10-11-17-13-8-6-5-7-9-13/h5-9H,4,10-12,15H2,1-3H3. The van der Waals surface area contributed by atoms with Gasteiger partial charge in [0.1, 0.15) is 12.4 Å². The van der Waals surface area contributed by atoms with E-state index in [2.05, 4.69) is 25.7 Å². The van der Waals surface area contributed by atoms with E-state index >= 15 is 0 Å². The van der Waals surface area contributed by atoms with Gasteiger partial charge in [0.15, 0.2) is 0 Å². The van der Waals surface area contributed by atoms with Gasteiger partial charge in [0.2, 0.25) is 0 Å². The molecule has 0 bridgehead atoms. The number of ether oxygens (including phenoxy) is 1. The molecule has 0 heterocycles. The van der Waals surface area contributed by atoms with Crippen LogP contribution in [0.3, 0.4) is 0 Å². The second-order valence-electron chi connectivity index (χ2n) is 4.76. The van der Waals surface area contributed by atoms with Crippen LogP contribution < -0.4 is 10.5 Å².